The van der Waals surface area contributed by atoms with Crippen molar-refractivity contribution in [1.82, 2.24) is 59.8 Å². The summed E-state index contributed by atoms with van der Waals surface area (Å²) in [5.74, 6) is 4.23. The van der Waals surface area contributed by atoms with Gasteiger partial charge in [0.2, 0.25) is 130 Å². The van der Waals surface area contributed by atoms with Crippen molar-refractivity contribution >= 4 is 271 Å². The van der Waals surface area contributed by atoms with Crippen LogP contribution in [-0.2, 0) is 0 Å². The molecule has 6 heterocycles. The Morgan fingerprint density at radius 2 is 0.565 bits per heavy atom. The van der Waals surface area contributed by atoms with Crippen LogP contribution in [0.1, 0.15) is 0 Å². The molecule has 266 valence electrons. The van der Waals surface area contributed by atoms with Crippen LogP contribution in [0.15, 0.2) is 54.6 Å². The Hall–Kier alpha value is -1.02. The summed E-state index contributed by atoms with van der Waals surface area (Å²) in [6.07, 6.45) is 0. The van der Waals surface area contributed by atoms with Gasteiger partial charge in [0.1, 0.15) is 0 Å². The maximum atomic E-state index is 4.98. The fourth-order valence-corrected chi connectivity index (χ4v) is 9.95. The van der Waals surface area contributed by atoms with Crippen molar-refractivity contribution in [3.8, 4) is 68.3 Å². The SMILES string of the molecule is [CH2]=[Al][c]1[nH]c(-c2cc(-c3n[c]([Al])[c]([Al])[nH]3)cc(N(c3cc(-c4n[c]([Al])[c]([Al])[nH]4)cc(-c4n[c]([Al])[c]([Al])[nH]4)c3)c3cc(-c4n[c]([Al])[c]([Al])[nH]4)cc(-c4n[c]([Al])[c]([Al])[nH]4)c3)c2)n[c]1[Al]. The van der Waals surface area contributed by atoms with Crippen molar-refractivity contribution in [2.75, 3.05) is 4.90 Å². The number of rotatable bonds is 10. The van der Waals surface area contributed by atoms with Gasteiger partial charge in [-0.25, -0.2) is 0 Å². The quantitative estimate of drug-likeness (QED) is 0.0740. The van der Waals surface area contributed by atoms with Gasteiger partial charge in [-0.15, -0.1) is 0 Å². The summed E-state index contributed by atoms with van der Waals surface area (Å²) in [5, 5.41) is 4.22. The molecule has 0 unspecified atom stereocenters. The molecule has 0 atom stereocenters. The minimum atomic E-state index is -0.253. The molecule has 0 amide bonds. The van der Waals surface area contributed by atoms with E-state index in [1.165, 1.54) is 0 Å². The molecular weight excluding hydrogens is 950 g/mol. The Balaban J connectivity index is 1.39. The van der Waals surface area contributed by atoms with Gasteiger partial charge in [0.25, 0.3) is 0 Å². The minimum absolute atomic E-state index is 0.253. The third-order valence-electron chi connectivity index (χ3n) is 9.94. The van der Waals surface area contributed by atoms with E-state index in [0.29, 0.717) is 29.1 Å². The Morgan fingerprint density at radius 1 is 0.339 bits per heavy atom. The number of anilines is 3. The van der Waals surface area contributed by atoms with E-state index in [1.54, 1.807) is 0 Å². The molecule has 6 aromatic heterocycles. The van der Waals surface area contributed by atoms with Crippen LogP contribution in [0.25, 0.3) is 68.3 Å². The molecule has 0 aliphatic carbocycles. The van der Waals surface area contributed by atoms with E-state index in [0.717, 1.165) is 111 Å². The third kappa shape index (κ3) is 9.43. The monoisotopic (exact) mass is 967 g/mol. The average Bonchev–Trinajstić information content (AvgIpc) is 4.10. The number of aromatic amines is 6. The van der Waals surface area contributed by atoms with Crippen LogP contribution in [0.5, 0.6) is 0 Å². The van der Waals surface area contributed by atoms with E-state index in [9.17, 15) is 0 Å². The number of hydrogen-bond donors (Lipinski definition) is 6. The van der Waals surface area contributed by atoms with Crippen molar-refractivity contribution in [2.45, 2.75) is 0 Å². The molecular formula is C37H17Al12N13. The summed E-state index contributed by atoms with van der Waals surface area (Å²) in [6, 6.07) is 19.1. The fraction of sp³-hybridized carbons (Fsp3) is 0. The number of benzene rings is 3. The summed E-state index contributed by atoms with van der Waals surface area (Å²) in [4.78, 5) is 52.7. The zero-order valence-electron chi connectivity index (χ0n) is 32.5. The summed E-state index contributed by atoms with van der Waals surface area (Å²) in [6.45, 7) is 0. The van der Waals surface area contributed by atoms with E-state index in [1.807, 2.05) is 0 Å². The number of imidazole rings is 6. The van der Waals surface area contributed by atoms with Gasteiger partial charge < -0.3 is 0 Å². The van der Waals surface area contributed by atoms with Gasteiger partial charge in [-0.05, 0) is 0 Å². The predicted octanol–water partition coefficient (Wildman–Crippen LogP) is -7.01. The number of nitrogens with zero attached hydrogens (tertiary/aromatic N) is 7. The first kappa shape index (κ1) is 46.1. The van der Waals surface area contributed by atoms with Crippen molar-refractivity contribution in [3.05, 3.63) is 54.6 Å². The summed E-state index contributed by atoms with van der Waals surface area (Å²) >= 11 is 29.8. The second-order valence-electron chi connectivity index (χ2n) is 14.2. The molecule has 0 bridgehead atoms. The van der Waals surface area contributed by atoms with Gasteiger partial charge in [0, 0.05) is 0 Å². The normalized spacial score (nSPS) is 11.3. The van der Waals surface area contributed by atoms with Crippen molar-refractivity contribution in [1.29, 1.82) is 0 Å². The van der Waals surface area contributed by atoms with E-state index < -0.39 is 0 Å². The van der Waals surface area contributed by atoms with E-state index in [4.69, 9.17) is 29.9 Å². The summed E-state index contributed by atoms with van der Waals surface area (Å²) in [5.41, 5.74) is 7.60. The molecule has 0 saturated carbocycles. The first-order valence-electron chi connectivity index (χ1n) is 18.4. The van der Waals surface area contributed by atoms with E-state index in [-0.39, 0.29) is 14.8 Å². The zero-order valence-corrected chi connectivity index (χ0v) is 46.3. The van der Waals surface area contributed by atoms with Crippen LogP contribution in [-0.4, -0.2) is 259 Å². The molecule has 0 spiro atoms. The number of nitrogens with one attached hydrogen (secondary N) is 6. The Labute approximate surface area is 452 Å². The summed E-state index contributed by atoms with van der Waals surface area (Å²) < 4.78 is 10.2. The Morgan fingerprint density at radius 3 is 0.758 bits per heavy atom. The fourth-order valence-electron chi connectivity index (χ4n) is 6.87. The Kier molecular flexibility index (Phi) is 14.1. The maximum absolute atomic E-state index is 4.98. The molecule has 0 aliphatic rings. The average molecular weight is 967 g/mol. The van der Waals surface area contributed by atoms with Gasteiger partial charge in [-0.2, -0.15) is 0 Å². The van der Waals surface area contributed by atoms with Crippen LogP contribution in [0.3, 0.4) is 0 Å². The third-order valence-corrected chi connectivity index (χ3v) is 17.6. The van der Waals surface area contributed by atoms with Gasteiger partial charge >= 0.3 is 292 Å². The van der Waals surface area contributed by atoms with Gasteiger partial charge in [-0.3, -0.25) is 0 Å². The van der Waals surface area contributed by atoms with Gasteiger partial charge in [0.15, 0.2) is 0 Å². The van der Waals surface area contributed by atoms with Crippen LogP contribution >= 0.6 is 0 Å². The van der Waals surface area contributed by atoms with Crippen LogP contribution < -0.4 is 59.6 Å². The molecule has 22 radical (unpaired) electrons. The van der Waals surface area contributed by atoms with Crippen LogP contribution in [0, 0.1) is 0 Å². The summed E-state index contributed by atoms with van der Waals surface area (Å²) in [7, 11) is 0. The van der Waals surface area contributed by atoms with Gasteiger partial charge in [0.05, 0.1) is 0 Å². The van der Waals surface area contributed by atoms with Crippen LogP contribution in [0.2, 0.25) is 0 Å². The molecule has 0 aliphatic heterocycles. The first-order chi connectivity index (χ1) is 29.6. The standard InChI is InChI=1S/C36H15N13.CH2.12Al/c1-2-38-31(37-1)22-13-23(32-39-3-4-40-32)17-28(16-22)49(29-18-24(33-41-5-6-42-33)14-25(19-29)34-43-7-8-44-34)30-20-26(35-45-9-10-46-35)15-27(21-30)36-47-11-12-48-36;;;;;;;;;;;;;/h13-21H,(H,37,38)(H,39,40)(H,41,42)(H,43,44)(H,45,46)(H,47,48);1H2;;;;;;;;;;;;. The predicted molar refractivity (Wildman–Crippen MR) is 258 cm³/mol. The molecule has 3 aromatic carbocycles. The number of aromatic nitrogens is 12. The molecule has 62 heavy (non-hydrogen) atoms. The molecule has 13 nitrogen and oxygen atoms in total. The zero-order chi connectivity index (χ0) is 43.7. The second-order valence-corrected chi connectivity index (χ2v) is 21.3. The Bertz CT molecular complexity index is 2860. The number of hydrogen-bond acceptors (Lipinski definition) is 7. The molecule has 6 N–H and O–H groups in total. The second kappa shape index (κ2) is 18.9. The van der Waals surface area contributed by atoms with Crippen molar-refractivity contribution < 1.29 is 0 Å². The molecule has 25 heteroatoms. The molecule has 9 aromatic rings. The van der Waals surface area contributed by atoms with E-state index in [2.05, 4.69) is 274 Å². The molecule has 0 fully saturated rings. The van der Waals surface area contributed by atoms with Crippen molar-refractivity contribution in [3.63, 3.8) is 0 Å². The topological polar surface area (TPSA) is 175 Å². The van der Waals surface area contributed by atoms with Crippen molar-refractivity contribution in [2.24, 2.45) is 0 Å². The number of H-pyrrole nitrogens is 6. The van der Waals surface area contributed by atoms with E-state index >= 15 is 0 Å². The first-order valence-corrected chi connectivity index (χ1v) is 26.2. The van der Waals surface area contributed by atoms with Crippen LogP contribution in [0.4, 0.5) is 17.1 Å². The van der Waals surface area contributed by atoms with Gasteiger partial charge in [-0.1, -0.05) is 36.4 Å². The molecule has 0 saturated heterocycles. The molecule has 9 rings (SSSR count).